The van der Waals surface area contributed by atoms with Crippen molar-refractivity contribution in [1.82, 2.24) is 0 Å². The number of aldehydes is 2. The smallest absolute Gasteiger partial charge is 0.198 e. The van der Waals surface area contributed by atoms with E-state index in [4.69, 9.17) is 0 Å². The van der Waals surface area contributed by atoms with Gasteiger partial charge in [0, 0.05) is 27.8 Å². The molecule has 1 aliphatic carbocycles. The van der Waals surface area contributed by atoms with Gasteiger partial charge in [-0.05, 0) is 34.9 Å². The average Bonchev–Trinajstić information content (AvgIpc) is 2.88. The summed E-state index contributed by atoms with van der Waals surface area (Å²) in [6.45, 7) is 0. The molecular formula is C28H16O6. The molecule has 0 amide bonds. The first-order valence-electron chi connectivity index (χ1n) is 10.4. The third kappa shape index (κ3) is 3.20. The van der Waals surface area contributed by atoms with Crippen LogP contribution in [0.15, 0.2) is 72.8 Å². The van der Waals surface area contributed by atoms with Crippen LogP contribution in [0, 0.1) is 0 Å². The normalized spacial score (nSPS) is 12.1. The molecule has 4 aromatic carbocycles. The van der Waals surface area contributed by atoms with Gasteiger partial charge in [0.2, 0.25) is 0 Å². The fourth-order valence-corrected chi connectivity index (χ4v) is 4.20. The van der Waals surface area contributed by atoms with E-state index in [1.165, 1.54) is 12.1 Å². The van der Waals surface area contributed by atoms with Crippen molar-refractivity contribution in [2.75, 3.05) is 0 Å². The van der Waals surface area contributed by atoms with Gasteiger partial charge in [-0.1, -0.05) is 54.6 Å². The number of aromatic hydroxyl groups is 2. The second-order valence-electron chi connectivity index (χ2n) is 7.94. The first-order valence-corrected chi connectivity index (χ1v) is 10.4. The lowest BCUT2D eigenvalue weighted by atomic mass is 9.80. The molecule has 6 heteroatoms. The van der Waals surface area contributed by atoms with Gasteiger partial charge in [0.05, 0.1) is 11.1 Å². The van der Waals surface area contributed by atoms with Crippen molar-refractivity contribution in [3.8, 4) is 33.8 Å². The fraction of sp³-hybridized carbons (Fsp3) is 0. The molecule has 5 rings (SSSR count). The minimum Gasteiger partial charge on any atom is -0.507 e. The number of rotatable bonds is 4. The highest BCUT2D eigenvalue weighted by atomic mass is 16.3. The Bertz CT molecular complexity index is 1510. The van der Waals surface area contributed by atoms with Crippen LogP contribution in [-0.4, -0.2) is 34.4 Å². The van der Waals surface area contributed by atoms with Crippen LogP contribution in [0.2, 0.25) is 0 Å². The molecule has 0 saturated carbocycles. The summed E-state index contributed by atoms with van der Waals surface area (Å²) >= 11 is 0. The molecule has 0 spiro atoms. The summed E-state index contributed by atoms with van der Waals surface area (Å²) in [5.41, 5.74) is 2.73. The van der Waals surface area contributed by atoms with Crippen molar-refractivity contribution in [2.24, 2.45) is 0 Å². The Morgan fingerprint density at radius 2 is 1.06 bits per heavy atom. The van der Waals surface area contributed by atoms with Gasteiger partial charge in [-0.15, -0.1) is 0 Å². The lowest BCUT2D eigenvalue weighted by Crippen LogP contribution is -2.21. The van der Waals surface area contributed by atoms with Crippen molar-refractivity contribution in [3.63, 3.8) is 0 Å². The molecule has 4 aromatic rings. The van der Waals surface area contributed by atoms with E-state index in [0.29, 0.717) is 28.5 Å². The Balaban J connectivity index is 1.63. The van der Waals surface area contributed by atoms with E-state index in [2.05, 4.69) is 0 Å². The topological polar surface area (TPSA) is 109 Å². The summed E-state index contributed by atoms with van der Waals surface area (Å²) < 4.78 is 0. The maximum atomic E-state index is 13.3. The van der Waals surface area contributed by atoms with Gasteiger partial charge in [-0.3, -0.25) is 19.2 Å². The highest BCUT2D eigenvalue weighted by Crippen LogP contribution is 2.44. The van der Waals surface area contributed by atoms with Crippen molar-refractivity contribution < 1.29 is 29.4 Å². The first-order chi connectivity index (χ1) is 16.4. The molecule has 0 fully saturated rings. The number of benzene rings is 4. The zero-order valence-electron chi connectivity index (χ0n) is 17.6. The molecule has 0 atom stereocenters. The van der Waals surface area contributed by atoms with E-state index in [1.54, 1.807) is 60.7 Å². The van der Waals surface area contributed by atoms with Gasteiger partial charge in [0.25, 0.3) is 0 Å². The maximum absolute atomic E-state index is 13.3. The summed E-state index contributed by atoms with van der Waals surface area (Å²) in [6.07, 6.45) is 1.41. The summed E-state index contributed by atoms with van der Waals surface area (Å²) in [5.74, 6) is -1.99. The Morgan fingerprint density at radius 3 is 1.65 bits per heavy atom. The number of carbonyl (C=O) groups excluding carboxylic acids is 4. The maximum Gasteiger partial charge on any atom is 0.198 e. The minimum absolute atomic E-state index is 0.118. The Hall–Kier alpha value is -4.84. The van der Waals surface area contributed by atoms with Crippen LogP contribution < -0.4 is 0 Å². The number of phenolic OH excluding ortho intramolecular Hbond substituents is 2. The number of hydrogen-bond donors (Lipinski definition) is 2. The Morgan fingerprint density at radius 1 is 0.529 bits per heavy atom. The van der Waals surface area contributed by atoms with Crippen LogP contribution in [0.5, 0.6) is 11.5 Å². The van der Waals surface area contributed by atoms with Gasteiger partial charge < -0.3 is 10.2 Å². The largest absolute Gasteiger partial charge is 0.507 e. The standard InChI is InChI=1S/C28H16O6/c29-13-15-1-5-17(6-2-15)19-9-10-20-22(11-19)28(34)24-23(31)12-21(27(33)25(24)26(20)32)18-7-3-16(14-30)4-8-18/h1-14,31,33H. The van der Waals surface area contributed by atoms with Crippen molar-refractivity contribution in [2.45, 2.75) is 0 Å². The van der Waals surface area contributed by atoms with Crippen LogP contribution in [0.25, 0.3) is 22.3 Å². The second kappa shape index (κ2) is 7.94. The lowest BCUT2D eigenvalue weighted by Gasteiger charge is -2.22. The molecule has 1 aliphatic rings. The molecule has 6 nitrogen and oxygen atoms in total. The number of ketones is 2. The fourth-order valence-electron chi connectivity index (χ4n) is 4.20. The molecule has 0 unspecified atom stereocenters. The van der Waals surface area contributed by atoms with E-state index in [0.717, 1.165) is 11.8 Å². The van der Waals surface area contributed by atoms with Gasteiger partial charge in [-0.25, -0.2) is 0 Å². The monoisotopic (exact) mass is 448 g/mol. The number of fused-ring (bicyclic) bond motifs is 2. The van der Waals surface area contributed by atoms with Crippen LogP contribution in [0.1, 0.15) is 52.6 Å². The second-order valence-corrected chi connectivity index (χ2v) is 7.94. The molecule has 0 aliphatic heterocycles. The molecule has 0 saturated heterocycles. The van der Waals surface area contributed by atoms with Gasteiger partial charge in [-0.2, -0.15) is 0 Å². The van der Waals surface area contributed by atoms with Crippen LogP contribution in [-0.2, 0) is 0 Å². The van der Waals surface area contributed by atoms with E-state index in [1.807, 2.05) is 0 Å². The van der Waals surface area contributed by atoms with Crippen LogP contribution in [0.4, 0.5) is 0 Å². The number of carbonyl (C=O) groups is 4. The van der Waals surface area contributed by atoms with Crippen LogP contribution >= 0.6 is 0 Å². The van der Waals surface area contributed by atoms with Crippen LogP contribution in [0.3, 0.4) is 0 Å². The zero-order chi connectivity index (χ0) is 24.0. The van der Waals surface area contributed by atoms with Crippen molar-refractivity contribution >= 4 is 24.1 Å². The molecule has 34 heavy (non-hydrogen) atoms. The summed E-state index contributed by atoms with van der Waals surface area (Å²) in [7, 11) is 0. The average molecular weight is 448 g/mol. The SMILES string of the molecule is O=Cc1ccc(-c2ccc3c(c2)C(=O)c2c(O)cc(-c4ccc(C=O)cc4)c(O)c2C3=O)cc1. The predicted octanol–water partition coefficient (Wildman–Crippen LogP) is 4.83. The van der Waals surface area contributed by atoms with Gasteiger partial charge in [0.1, 0.15) is 24.1 Å². The third-order valence-corrected chi connectivity index (χ3v) is 5.98. The first kappa shape index (κ1) is 21.0. The van der Waals surface area contributed by atoms with E-state index in [9.17, 15) is 29.4 Å². The Kier molecular flexibility index (Phi) is 4.91. The Labute approximate surface area is 193 Å². The van der Waals surface area contributed by atoms with E-state index < -0.39 is 23.1 Å². The van der Waals surface area contributed by atoms with Crippen molar-refractivity contribution in [3.05, 3.63) is 106 Å². The zero-order valence-corrected chi connectivity index (χ0v) is 17.6. The third-order valence-electron chi connectivity index (χ3n) is 5.98. The molecule has 0 radical (unpaired) electrons. The number of phenols is 2. The highest BCUT2D eigenvalue weighted by Gasteiger charge is 2.36. The van der Waals surface area contributed by atoms with Crippen molar-refractivity contribution in [1.29, 1.82) is 0 Å². The van der Waals surface area contributed by atoms with Gasteiger partial charge >= 0.3 is 0 Å². The summed E-state index contributed by atoms with van der Waals surface area (Å²) in [5, 5.41) is 21.7. The molecule has 2 N–H and O–H groups in total. The number of hydrogen-bond acceptors (Lipinski definition) is 6. The molecule has 0 aromatic heterocycles. The van der Waals surface area contributed by atoms with Gasteiger partial charge in [0.15, 0.2) is 11.6 Å². The lowest BCUT2D eigenvalue weighted by molar-refractivity contribution is 0.0974. The molecule has 164 valence electrons. The minimum atomic E-state index is -0.577. The molecular weight excluding hydrogens is 432 g/mol. The molecule has 0 heterocycles. The highest BCUT2D eigenvalue weighted by molar-refractivity contribution is 6.31. The van der Waals surface area contributed by atoms with E-state index >= 15 is 0 Å². The quantitative estimate of drug-likeness (QED) is 0.301. The van der Waals surface area contributed by atoms with E-state index in [-0.39, 0.29) is 27.8 Å². The predicted molar refractivity (Wildman–Crippen MR) is 125 cm³/mol. The molecule has 0 bridgehead atoms. The summed E-state index contributed by atoms with van der Waals surface area (Å²) in [6, 6.07) is 19.0. The summed E-state index contributed by atoms with van der Waals surface area (Å²) in [4.78, 5) is 48.5.